The van der Waals surface area contributed by atoms with Crippen LogP contribution >= 0.6 is 24.0 Å². The number of benzene rings is 2. The van der Waals surface area contributed by atoms with Crippen LogP contribution in [0.4, 0.5) is 4.39 Å². The van der Waals surface area contributed by atoms with E-state index < -0.39 is 0 Å². The fourth-order valence-electron chi connectivity index (χ4n) is 3.07. The Balaban J connectivity index is 0.00000420. The van der Waals surface area contributed by atoms with Gasteiger partial charge in [0, 0.05) is 17.7 Å². The first-order valence-electron chi connectivity index (χ1n) is 10.1. The van der Waals surface area contributed by atoms with Crippen molar-refractivity contribution in [1.29, 1.82) is 0 Å². The zero-order valence-corrected chi connectivity index (χ0v) is 18.9. The van der Waals surface area contributed by atoms with Gasteiger partial charge < -0.3 is 14.8 Å². The van der Waals surface area contributed by atoms with Crippen molar-refractivity contribution < 1.29 is 13.9 Å². The van der Waals surface area contributed by atoms with E-state index in [0.717, 1.165) is 17.7 Å². The van der Waals surface area contributed by atoms with Crippen LogP contribution in [0.2, 0.25) is 5.02 Å². The summed E-state index contributed by atoms with van der Waals surface area (Å²) < 4.78 is 24.7. The summed E-state index contributed by atoms with van der Waals surface area (Å²) in [7, 11) is 1.63. The maximum Gasteiger partial charge on any atom is 0.166 e. The normalized spacial score (nSPS) is 10.5. The van der Waals surface area contributed by atoms with Crippen LogP contribution in [0.25, 0.3) is 0 Å². The molecule has 162 valence electrons. The van der Waals surface area contributed by atoms with Gasteiger partial charge in [0.25, 0.3) is 0 Å². The third-order valence-electron chi connectivity index (χ3n) is 4.69. The molecule has 2 aromatic carbocycles. The van der Waals surface area contributed by atoms with Crippen LogP contribution in [-0.4, -0.2) is 13.7 Å². The Morgan fingerprint density at radius 1 is 1.00 bits per heavy atom. The number of halogens is 3. The number of ether oxygens (including phenoxy) is 2. The predicted octanol–water partition coefficient (Wildman–Crippen LogP) is 6.94. The molecule has 29 heavy (non-hydrogen) atoms. The Bertz CT molecular complexity index is 728. The number of rotatable bonds is 13. The second-order valence-electron chi connectivity index (χ2n) is 6.92. The molecule has 6 heteroatoms. The molecule has 0 atom stereocenters. The second-order valence-corrected chi connectivity index (χ2v) is 7.32. The molecule has 2 rings (SSSR count). The van der Waals surface area contributed by atoms with Gasteiger partial charge in [0.15, 0.2) is 11.5 Å². The van der Waals surface area contributed by atoms with Crippen molar-refractivity contribution in [3.63, 3.8) is 0 Å². The molecule has 0 saturated carbocycles. The Morgan fingerprint density at radius 2 is 1.76 bits per heavy atom. The molecule has 0 aliphatic carbocycles. The minimum absolute atomic E-state index is 0. The molecule has 0 spiro atoms. The lowest BCUT2D eigenvalue weighted by atomic mass is 10.1. The Labute approximate surface area is 185 Å². The number of hydrogen-bond donors (Lipinski definition) is 1. The van der Waals surface area contributed by atoms with Gasteiger partial charge in [-0.05, 0) is 31.2 Å². The molecular weight excluding hydrogens is 412 g/mol. The van der Waals surface area contributed by atoms with Gasteiger partial charge >= 0.3 is 0 Å². The molecule has 1 N–H and O–H groups in total. The SMILES string of the molecule is CCCCCCCCNCc1cccc(OC)c1OCc1ccc(F)cc1Cl.Cl. The van der Waals surface area contributed by atoms with Crippen LogP contribution < -0.4 is 14.8 Å². The molecule has 0 fully saturated rings. The minimum Gasteiger partial charge on any atom is -0.493 e. The first kappa shape index (κ1) is 25.5. The van der Waals surface area contributed by atoms with Gasteiger partial charge in [-0.2, -0.15) is 0 Å². The number of nitrogens with one attached hydrogen (secondary N) is 1. The van der Waals surface area contributed by atoms with Gasteiger partial charge in [0.05, 0.1) is 12.1 Å². The standard InChI is InChI=1S/C23H31ClFNO2.ClH/c1-3-4-5-6-7-8-14-26-16-18-10-9-11-22(27-2)23(18)28-17-19-12-13-20(25)15-21(19)24;/h9-13,15,26H,3-8,14,16-17H2,1-2H3;1H. The molecule has 0 heterocycles. The Hall–Kier alpha value is -1.49. The largest absolute Gasteiger partial charge is 0.493 e. The van der Waals surface area contributed by atoms with Crippen LogP contribution in [0.15, 0.2) is 36.4 Å². The maximum absolute atomic E-state index is 13.2. The summed E-state index contributed by atoms with van der Waals surface area (Å²) in [6.07, 6.45) is 7.68. The molecule has 0 amide bonds. The van der Waals surface area contributed by atoms with Crippen molar-refractivity contribution in [2.75, 3.05) is 13.7 Å². The molecule has 3 nitrogen and oxygen atoms in total. The Kier molecular flexibility index (Phi) is 12.8. The van der Waals surface area contributed by atoms with Gasteiger partial charge in [-0.15, -0.1) is 12.4 Å². The molecule has 0 aliphatic heterocycles. The van der Waals surface area contributed by atoms with E-state index >= 15 is 0 Å². The number of hydrogen-bond acceptors (Lipinski definition) is 3. The van der Waals surface area contributed by atoms with Crippen molar-refractivity contribution in [1.82, 2.24) is 5.32 Å². The average molecular weight is 444 g/mol. The summed E-state index contributed by atoms with van der Waals surface area (Å²) in [5.41, 5.74) is 1.77. The van der Waals surface area contributed by atoms with E-state index in [-0.39, 0.29) is 24.8 Å². The highest BCUT2D eigenvalue weighted by atomic mass is 35.5. The summed E-state index contributed by atoms with van der Waals surface area (Å²) in [4.78, 5) is 0. The monoisotopic (exact) mass is 443 g/mol. The van der Waals surface area contributed by atoms with Crippen LogP contribution in [0, 0.1) is 5.82 Å². The zero-order chi connectivity index (χ0) is 20.2. The molecular formula is C23H32Cl2FNO2. The molecule has 0 aliphatic rings. The highest BCUT2D eigenvalue weighted by Crippen LogP contribution is 2.32. The zero-order valence-electron chi connectivity index (χ0n) is 17.3. The summed E-state index contributed by atoms with van der Waals surface area (Å²) in [6, 6.07) is 10.2. The second kappa shape index (κ2) is 14.5. The quantitative estimate of drug-likeness (QED) is 0.340. The summed E-state index contributed by atoms with van der Waals surface area (Å²) in [5.74, 6) is 1.02. The lowest BCUT2D eigenvalue weighted by Crippen LogP contribution is -2.15. The fourth-order valence-corrected chi connectivity index (χ4v) is 3.29. The highest BCUT2D eigenvalue weighted by Gasteiger charge is 2.12. The van der Waals surface area contributed by atoms with Crippen molar-refractivity contribution in [2.24, 2.45) is 0 Å². The summed E-state index contributed by atoms with van der Waals surface area (Å²) >= 11 is 6.11. The van der Waals surface area contributed by atoms with E-state index in [0.29, 0.717) is 23.1 Å². The first-order valence-corrected chi connectivity index (χ1v) is 10.5. The van der Waals surface area contributed by atoms with Crippen LogP contribution in [0.3, 0.4) is 0 Å². The van der Waals surface area contributed by atoms with E-state index in [9.17, 15) is 4.39 Å². The topological polar surface area (TPSA) is 30.5 Å². The van der Waals surface area contributed by atoms with E-state index in [4.69, 9.17) is 21.1 Å². The predicted molar refractivity (Wildman–Crippen MR) is 121 cm³/mol. The van der Waals surface area contributed by atoms with Crippen LogP contribution in [-0.2, 0) is 13.2 Å². The van der Waals surface area contributed by atoms with Gasteiger partial charge in [-0.25, -0.2) is 4.39 Å². The van der Waals surface area contributed by atoms with Gasteiger partial charge in [-0.1, -0.05) is 68.8 Å². The average Bonchev–Trinajstić information content (AvgIpc) is 2.69. The molecule has 0 saturated heterocycles. The van der Waals surface area contributed by atoms with Crippen molar-refractivity contribution in [2.45, 2.75) is 58.6 Å². The number of para-hydroxylation sites is 1. The maximum atomic E-state index is 13.2. The summed E-state index contributed by atoms with van der Waals surface area (Å²) in [6.45, 7) is 4.18. The van der Waals surface area contributed by atoms with Crippen molar-refractivity contribution >= 4 is 24.0 Å². The number of unbranched alkanes of at least 4 members (excludes halogenated alkanes) is 5. The third-order valence-corrected chi connectivity index (χ3v) is 5.04. The molecule has 0 unspecified atom stereocenters. The molecule has 2 aromatic rings. The van der Waals surface area contributed by atoms with E-state index in [2.05, 4.69) is 12.2 Å². The lowest BCUT2D eigenvalue weighted by molar-refractivity contribution is 0.280. The van der Waals surface area contributed by atoms with Crippen LogP contribution in [0.5, 0.6) is 11.5 Å². The Morgan fingerprint density at radius 3 is 2.48 bits per heavy atom. The first-order chi connectivity index (χ1) is 13.7. The van der Waals surface area contributed by atoms with Crippen molar-refractivity contribution in [3.05, 3.63) is 58.4 Å². The van der Waals surface area contributed by atoms with Gasteiger partial charge in [-0.3, -0.25) is 0 Å². The van der Waals surface area contributed by atoms with Crippen LogP contribution in [0.1, 0.15) is 56.6 Å². The smallest absolute Gasteiger partial charge is 0.166 e. The van der Waals surface area contributed by atoms with Crippen molar-refractivity contribution in [3.8, 4) is 11.5 Å². The molecule has 0 aromatic heterocycles. The third kappa shape index (κ3) is 8.81. The minimum atomic E-state index is -0.356. The molecule has 0 bridgehead atoms. The van der Waals surface area contributed by atoms with E-state index in [1.807, 2.05) is 18.2 Å². The highest BCUT2D eigenvalue weighted by molar-refractivity contribution is 6.31. The van der Waals surface area contributed by atoms with Gasteiger partial charge in [0.2, 0.25) is 0 Å². The fraction of sp³-hybridized carbons (Fsp3) is 0.478. The number of methoxy groups -OCH3 is 1. The molecule has 0 radical (unpaired) electrons. The van der Waals surface area contributed by atoms with E-state index in [1.54, 1.807) is 13.2 Å². The van der Waals surface area contributed by atoms with E-state index in [1.165, 1.54) is 50.7 Å². The summed E-state index contributed by atoms with van der Waals surface area (Å²) in [5, 5.41) is 3.85. The lowest BCUT2D eigenvalue weighted by Gasteiger charge is -2.16. The van der Waals surface area contributed by atoms with Gasteiger partial charge in [0.1, 0.15) is 12.4 Å².